The maximum Gasteiger partial charge on any atom is 0.312 e. The van der Waals surface area contributed by atoms with E-state index < -0.39 is 6.03 Å². The number of unbranched alkanes of at least 4 members (excludes halogenated alkanes) is 15. The molecule has 0 saturated carbocycles. The third kappa shape index (κ3) is 23.3. The van der Waals surface area contributed by atoms with Crippen LogP contribution in [0.3, 0.4) is 0 Å². The Labute approximate surface area is 157 Å². The maximum atomic E-state index is 10.5. The SMILES string of the molecule is CC(C)CCCCCCCCCCCCCCCCCCNC(N)=O. The molecule has 0 atom stereocenters. The number of carbonyl (C=O) groups is 1. The first-order chi connectivity index (χ1) is 12.1. The summed E-state index contributed by atoms with van der Waals surface area (Å²) >= 11 is 0. The van der Waals surface area contributed by atoms with E-state index in [9.17, 15) is 4.79 Å². The molecule has 3 nitrogen and oxygen atoms in total. The van der Waals surface area contributed by atoms with Crippen molar-refractivity contribution in [2.24, 2.45) is 11.7 Å². The summed E-state index contributed by atoms with van der Waals surface area (Å²) in [5.74, 6) is 0.880. The number of carbonyl (C=O) groups excluding carboxylic acids is 1. The standard InChI is InChI=1S/C22H46N2O/c1-21(2)19-17-15-13-11-9-7-5-3-4-6-8-10-12-14-16-18-20-24-22(23)25/h21H,3-20H2,1-2H3,(H3,23,24,25). The maximum absolute atomic E-state index is 10.5. The molecule has 0 unspecified atom stereocenters. The zero-order valence-corrected chi connectivity index (χ0v) is 17.3. The van der Waals surface area contributed by atoms with Gasteiger partial charge in [0, 0.05) is 6.54 Å². The molecule has 0 aliphatic rings. The van der Waals surface area contributed by atoms with Crippen molar-refractivity contribution in [3.05, 3.63) is 0 Å². The second-order valence-corrected chi connectivity index (χ2v) is 8.13. The number of nitrogens with two attached hydrogens (primary N) is 1. The highest BCUT2D eigenvalue weighted by Gasteiger charge is 1.96. The fourth-order valence-electron chi connectivity index (χ4n) is 3.36. The third-order valence-electron chi connectivity index (χ3n) is 5.01. The van der Waals surface area contributed by atoms with Crippen molar-refractivity contribution < 1.29 is 4.79 Å². The molecule has 0 fully saturated rings. The highest BCUT2D eigenvalue weighted by Crippen LogP contribution is 2.14. The van der Waals surface area contributed by atoms with Crippen LogP contribution in [0.2, 0.25) is 0 Å². The Kier molecular flexibility index (Phi) is 19.0. The van der Waals surface area contributed by atoms with Gasteiger partial charge in [0.25, 0.3) is 0 Å². The quantitative estimate of drug-likeness (QED) is 0.242. The Bertz CT molecular complexity index is 279. The largest absolute Gasteiger partial charge is 0.352 e. The summed E-state index contributed by atoms with van der Waals surface area (Å²) in [6.45, 7) is 5.38. The van der Waals surface area contributed by atoms with Gasteiger partial charge in [0.15, 0.2) is 0 Å². The van der Waals surface area contributed by atoms with Crippen LogP contribution < -0.4 is 11.1 Å². The molecule has 0 aromatic rings. The molecule has 0 saturated heterocycles. The second-order valence-electron chi connectivity index (χ2n) is 8.13. The van der Waals surface area contributed by atoms with E-state index in [0.717, 1.165) is 18.9 Å². The minimum atomic E-state index is -0.401. The Balaban J connectivity index is 2.99. The first-order valence-corrected chi connectivity index (χ1v) is 11.2. The van der Waals surface area contributed by atoms with Crippen molar-refractivity contribution in [1.82, 2.24) is 5.32 Å². The Morgan fingerprint density at radius 2 is 0.960 bits per heavy atom. The fourth-order valence-corrected chi connectivity index (χ4v) is 3.36. The number of hydrogen-bond acceptors (Lipinski definition) is 1. The number of nitrogens with one attached hydrogen (secondary N) is 1. The molecular weight excluding hydrogens is 308 g/mol. The van der Waals surface area contributed by atoms with Gasteiger partial charge < -0.3 is 11.1 Å². The molecule has 0 heterocycles. The van der Waals surface area contributed by atoms with Crippen LogP contribution in [-0.2, 0) is 0 Å². The van der Waals surface area contributed by atoms with E-state index in [1.807, 2.05) is 0 Å². The first-order valence-electron chi connectivity index (χ1n) is 11.2. The van der Waals surface area contributed by atoms with Crippen molar-refractivity contribution in [3.63, 3.8) is 0 Å². The van der Waals surface area contributed by atoms with E-state index in [4.69, 9.17) is 5.73 Å². The molecule has 0 bridgehead atoms. The molecule has 0 aromatic heterocycles. The van der Waals surface area contributed by atoms with Crippen molar-refractivity contribution >= 4 is 6.03 Å². The molecule has 0 aliphatic carbocycles. The molecule has 0 radical (unpaired) electrons. The lowest BCUT2D eigenvalue weighted by Gasteiger charge is -2.05. The van der Waals surface area contributed by atoms with E-state index >= 15 is 0 Å². The zero-order valence-electron chi connectivity index (χ0n) is 17.3. The van der Waals surface area contributed by atoms with E-state index in [1.165, 1.54) is 103 Å². The van der Waals surface area contributed by atoms with Gasteiger partial charge >= 0.3 is 6.03 Å². The second kappa shape index (κ2) is 19.6. The number of urea groups is 1. The van der Waals surface area contributed by atoms with Crippen LogP contribution in [0.15, 0.2) is 0 Å². The van der Waals surface area contributed by atoms with Crippen molar-refractivity contribution in [1.29, 1.82) is 0 Å². The zero-order chi connectivity index (χ0) is 18.6. The lowest BCUT2D eigenvalue weighted by molar-refractivity contribution is 0.248. The van der Waals surface area contributed by atoms with Gasteiger partial charge in [-0.1, -0.05) is 117 Å². The van der Waals surface area contributed by atoms with Gasteiger partial charge in [-0.25, -0.2) is 4.79 Å². The Morgan fingerprint density at radius 1 is 0.640 bits per heavy atom. The molecule has 0 aromatic carbocycles. The topological polar surface area (TPSA) is 55.1 Å². The normalized spacial score (nSPS) is 11.2. The van der Waals surface area contributed by atoms with Gasteiger partial charge in [0.1, 0.15) is 0 Å². The highest BCUT2D eigenvalue weighted by atomic mass is 16.2. The highest BCUT2D eigenvalue weighted by molar-refractivity contribution is 5.71. The molecular formula is C22H46N2O. The predicted octanol–water partition coefficient (Wildman–Crippen LogP) is 6.94. The molecule has 3 heteroatoms. The van der Waals surface area contributed by atoms with Gasteiger partial charge in [-0.3, -0.25) is 0 Å². The number of primary amides is 1. The number of rotatable bonds is 19. The van der Waals surface area contributed by atoms with Crippen LogP contribution in [0.25, 0.3) is 0 Å². The van der Waals surface area contributed by atoms with Crippen molar-refractivity contribution in [2.45, 2.75) is 123 Å². The fraction of sp³-hybridized carbons (Fsp3) is 0.955. The Morgan fingerprint density at radius 3 is 1.28 bits per heavy atom. The molecule has 0 aliphatic heterocycles. The van der Waals surface area contributed by atoms with Gasteiger partial charge in [-0.2, -0.15) is 0 Å². The van der Waals surface area contributed by atoms with Crippen LogP contribution in [-0.4, -0.2) is 12.6 Å². The van der Waals surface area contributed by atoms with E-state index in [0.29, 0.717) is 0 Å². The van der Waals surface area contributed by atoms with E-state index in [1.54, 1.807) is 0 Å². The molecule has 2 amide bonds. The third-order valence-corrected chi connectivity index (χ3v) is 5.01. The van der Waals surface area contributed by atoms with Gasteiger partial charge in [0.2, 0.25) is 0 Å². The minimum Gasteiger partial charge on any atom is -0.352 e. The van der Waals surface area contributed by atoms with Crippen LogP contribution in [0.1, 0.15) is 123 Å². The van der Waals surface area contributed by atoms with Gasteiger partial charge in [0.05, 0.1) is 0 Å². The molecule has 3 N–H and O–H groups in total. The summed E-state index contributed by atoms with van der Waals surface area (Å²) in [4.78, 5) is 10.5. The van der Waals surface area contributed by atoms with Crippen molar-refractivity contribution in [3.8, 4) is 0 Å². The van der Waals surface area contributed by atoms with Gasteiger partial charge in [-0.05, 0) is 12.3 Å². The molecule has 150 valence electrons. The summed E-state index contributed by atoms with van der Waals surface area (Å²) < 4.78 is 0. The number of hydrogen-bond donors (Lipinski definition) is 2. The van der Waals surface area contributed by atoms with Gasteiger partial charge in [-0.15, -0.1) is 0 Å². The monoisotopic (exact) mass is 354 g/mol. The van der Waals surface area contributed by atoms with E-state index in [-0.39, 0.29) is 0 Å². The van der Waals surface area contributed by atoms with Crippen LogP contribution >= 0.6 is 0 Å². The summed E-state index contributed by atoms with van der Waals surface area (Å²) in [6.07, 6.45) is 23.5. The van der Waals surface area contributed by atoms with Crippen molar-refractivity contribution in [2.75, 3.05) is 6.54 Å². The average molecular weight is 355 g/mol. The summed E-state index contributed by atoms with van der Waals surface area (Å²) in [7, 11) is 0. The summed E-state index contributed by atoms with van der Waals surface area (Å²) in [6, 6.07) is -0.401. The minimum absolute atomic E-state index is 0.401. The van der Waals surface area contributed by atoms with E-state index in [2.05, 4.69) is 19.2 Å². The molecule has 0 spiro atoms. The average Bonchev–Trinajstić information content (AvgIpc) is 2.56. The predicted molar refractivity (Wildman–Crippen MR) is 111 cm³/mol. The van der Waals surface area contributed by atoms with Crippen LogP contribution in [0.4, 0.5) is 4.79 Å². The Hall–Kier alpha value is -0.730. The number of amides is 2. The summed E-state index contributed by atoms with van der Waals surface area (Å²) in [5.41, 5.74) is 5.02. The smallest absolute Gasteiger partial charge is 0.312 e. The van der Waals surface area contributed by atoms with Crippen LogP contribution in [0, 0.1) is 5.92 Å². The molecule has 25 heavy (non-hydrogen) atoms. The lowest BCUT2D eigenvalue weighted by atomic mass is 10.0. The first kappa shape index (κ1) is 24.3. The van der Waals surface area contributed by atoms with Crippen LogP contribution in [0.5, 0.6) is 0 Å². The molecule has 0 rings (SSSR count). The summed E-state index contributed by atoms with van der Waals surface area (Å²) in [5, 5.41) is 2.64. The lowest BCUT2D eigenvalue weighted by Crippen LogP contribution is -2.29.